The van der Waals surface area contributed by atoms with Gasteiger partial charge in [-0.25, -0.2) is 9.78 Å². The van der Waals surface area contributed by atoms with E-state index in [0.29, 0.717) is 12.2 Å². The molecule has 1 aromatic heterocycles. The molecule has 0 aromatic carbocycles. The summed E-state index contributed by atoms with van der Waals surface area (Å²) in [6, 6.07) is 2.72. The maximum absolute atomic E-state index is 11.9. The fraction of sp³-hybridized carbons (Fsp3) is 0.417. The number of amides is 1. The zero-order chi connectivity index (χ0) is 13.1. The predicted molar refractivity (Wildman–Crippen MR) is 62.5 cm³/mol. The Labute approximate surface area is 104 Å². The second-order valence-corrected chi connectivity index (χ2v) is 4.18. The van der Waals surface area contributed by atoms with Gasteiger partial charge in [-0.15, -0.1) is 0 Å². The van der Waals surface area contributed by atoms with Crippen molar-refractivity contribution in [1.82, 2.24) is 10.3 Å². The second kappa shape index (κ2) is 5.14. The van der Waals surface area contributed by atoms with Gasteiger partial charge in [0.15, 0.2) is 0 Å². The van der Waals surface area contributed by atoms with Crippen LogP contribution in [0.1, 0.15) is 34.2 Å². The number of carboxylic acid groups (broad SMARTS) is 1. The Kier molecular flexibility index (Phi) is 3.57. The highest BCUT2D eigenvalue weighted by atomic mass is 16.5. The van der Waals surface area contributed by atoms with Crippen LogP contribution in [0.2, 0.25) is 0 Å². The van der Waals surface area contributed by atoms with Gasteiger partial charge in [-0.3, -0.25) is 4.79 Å². The molecule has 2 heterocycles. The molecule has 1 aliphatic heterocycles. The summed E-state index contributed by atoms with van der Waals surface area (Å²) in [5, 5.41) is 11.6. The Hall–Kier alpha value is -1.95. The molecule has 1 amide bonds. The van der Waals surface area contributed by atoms with Crippen molar-refractivity contribution in [2.45, 2.75) is 25.5 Å². The number of carbonyl (C=O) groups is 2. The van der Waals surface area contributed by atoms with Crippen molar-refractivity contribution in [2.75, 3.05) is 6.61 Å². The molecule has 0 saturated carbocycles. The molecule has 2 N–H and O–H groups in total. The molecule has 1 saturated heterocycles. The Balaban J connectivity index is 2.09. The number of nitrogens with zero attached hydrogens (tertiary/aromatic N) is 1. The van der Waals surface area contributed by atoms with Crippen LogP contribution < -0.4 is 5.32 Å². The molecule has 0 spiro atoms. The Bertz CT molecular complexity index is 475. The van der Waals surface area contributed by atoms with Crippen molar-refractivity contribution in [3.05, 3.63) is 29.6 Å². The number of aromatic carboxylic acids is 1. The topological polar surface area (TPSA) is 88.5 Å². The summed E-state index contributed by atoms with van der Waals surface area (Å²) in [7, 11) is 0. The molecule has 0 aliphatic carbocycles. The quantitative estimate of drug-likeness (QED) is 0.823. The predicted octanol–water partition coefficient (Wildman–Crippen LogP) is 0.687. The molecule has 1 fully saturated rings. The summed E-state index contributed by atoms with van der Waals surface area (Å²) < 4.78 is 5.34. The molecule has 1 aliphatic rings. The van der Waals surface area contributed by atoms with Crippen molar-refractivity contribution >= 4 is 11.9 Å². The third-order valence-electron chi connectivity index (χ3n) is 2.93. The monoisotopic (exact) mass is 250 g/mol. The van der Waals surface area contributed by atoms with Crippen LogP contribution in [-0.4, -0.2) is 40.7 Å². The number of carboxylic acids is 1. The van der Waals surface area contributed by atoms with Gasteiger partial charge in [0.25, 0.3) is 5.91 Å². The van der Waals surface area contributed by atoms with E-state index in [2.05, 4.69) is 10.3 Å². The number of ether oxygens (including phenoxy) is 1. The first-order chi connectivity index (χ1) is 8.58. The SMILES string of the molecule is CC1OCCC1NC(=O)c1ccnc(C(=O)O)c1. The zero-order valence-corrected chi connectivity index (χ0v) is 9.92. The maximum atomic E-state index is 11.9. The minimum Gasteiger partial charge on any atom is -0.477 e. The second-order valence-electron chi connectivity index (χ2n) is 4.18. The first kappa shape index (κ1) is 12.5. The van der Waals surface area contributed by atoms with Crippen molar-refractivity contribution < 1.29 is 19.4 Å². The van der Waals surface area contributed by atoms with Gasteiger partial charge in [0, 0.05) is 18.4 Å². The van der Waals surface area contributed by atoms with Crippen LogP contribution in [-0.2, 0) is 4.74 Å². The number of aromatic nitrogens is 1. The zero-order valence-electron chi connectivity index (χ0n) is 9.92. The molecule has 6 nitrogen and oxygen atoms in total. The van der Waals surface area contributed by atoms with Crippen LogP contribution in [0, 0.1) is 0 Å². The minimum absolute atomic E-state index is 0.0188. The molecule has 0 bridgehead atoms. The lowest BCUT2D eigenvalue weighted by Gasteiger charge is -2.15. The van der Waals surface area contributed by atoms with Gasteiger partial charge >= 0.3 is 5.97 Å². The first-order valence-corrected chi connectivity index (χ1v) is 5.70. The van der Waals surface area contributed by atoms with Gasteiger partial charge in [0.1, 0.15) is 5.69 Å². The summed E-state index contributed by atoms with van der Waals surface area (Å²) in [6.07, 6.45) is 2.06. The summed E-state index contributed by atoms with van der Waals surface area (Å²) in [6.45, 7) is 2.52. The number of hydrogen-bond donors (Lipinski definition) is 2. The molecule has 18 heavy (non-hydrogen) atoms. The average molecular weight is 250 g/mol. The standard InChI is InChI=1S/C12H14N2O4/c1-7-9(3-5-18-7)14-11(15)8-2-4-13-10(6-8)12(16)17/h2,4,6-7,9H,3,5H2,1H3,(H,14,15)(H,16,17). The van der Waals surface area contributed by atoms with Crippen molar-refractivity contribution in [1.29, 1.82) is 0 Å². The van der Waals surface area contributed by atoms with E-state index in [1.165, 1.54) is 18.3 Å². The Morgan fingerprint density at radius 1 is 1.56 bits per heavy atom. The van der Waals surface area contributed by atoms with E-state index in [9.17, 15) is 9.59 Å². The van der Waals surface area contributed by atoms with Crippen LogP contribution in [0.25, 0.3) is 0 Å². The summed E-state index contributed by atoms with van der Waals surface area (Å²) in [5.74, 6) is -1.45. The number of carbonyl (C=O) groups excluding carboxylic acids is 1. The van der Waals surface area contributed by atoms with Gasteiger partial charge in [0.05, 0.1) is 12.1 Å². The van der Waals surface area contributed by atoms with E-state index in [1.54, 1.807) is 0 Å². The van der Waals surface area contributed by atoms with E-state index < -0.39 is 5.97 Å². The maximum Gasteiger partial charge on any atom is 0.354 e. The lowest BCUT2D eigenvalue weighted by Crippen LogP contribution is -2.39. The van der Waals surface area contributed by atoms with E-state index >= 15 is 0 Å². The summed E-state index contributed by atoms with van der Waals surface area (Å²) in [4.78, 5) is 26.4. The molecule has 2 atom stereocenters. The van der Waals surface area contributed by atoms with Gasteiger partial charge in [-0.05, 0) is 25.5 Å². The number of nitrogens with one attached hydrogen (secondary N) is 1. The molecular weight excluding hydrogens is 236 g/mol. The van der Waals surface area contributed by atoms with E-state index in [1.807, 2.05) is 6.92 Å². The number of pyridine rings is 1. The van der Waals surface area contributed by atoms with Crippen molar-refractivity contribution in [2.24, 2.45) is 0 Å². The van der Waals surface area contributed by atoms with Crippen LogP contribution in [0.4, 0.5) is 0 Å². The Morgan fingerprint density at radius 2 is 2.33 bits per heavy atom. The van der Waals surface area contributed by atoms with E-state index in [4.69, 9.17) is 9.84 Å². The molecule has 96 valence electrons. The highest BCUT2D eigenvalue weighted by Gasteiger charge is 2.26. The van der Waals surface area contributed by atoms with Crippen LogP contribution in [0.15, 0.2) is 18.3 Å². The first-order valence-electron chi connectivity index (χ1n) is 5.70. The fourth-order valence-electron chi connectivity index (χ4n) is 1.86. The van der Waals surface area contributed by atoms with Gasteiger partial charge < -0.3 is 15.2 Å². The molecule has 6 heteroatoms. The molecule has 0 radical (unpaired) electrons. The van der Waals surface area contributed by atoms with Crippen LogP contribution in [0.3, 0.4) is 0 Å². The molecule has 1 aromatic rings. The van der Waals surface area contributed by atoms with Gasteiger partial charge in [-0.2, -0.15) is 0 Å². The fourth-order valence-corrected chi connectivity index (χ4v) is 1.86. The third kappa shape index (κ3) is 2.65. The molecule has 2 rings (SSSR count). The summed E-state index contributed by atoms with van der Waals surface area (Å²) in [5.41, 5.74) is 0.153. The number of rotatable bonds is 3. The largest absolute Gasteiger partial charge is 0.477 e. The third-order valence-corrected chi connectivity index (χ3v) is 2.93. The van der Waals surface area contributed by atoms with Gasteiger partial charge in [-0.1, -0.05) is 0 Å². The normalized spacial score (nSPS) is 22.7. The lowest BCUT2D eigenvalue weighted by molar-refractivity contribution is 0.0690. The highest BCUT2D eigenvalue weighted by molar-refractivity contribution is 5.96. The van der Waals surface area contributed by atoms with Crippen LogP contribution in [0.5, 0.6) is 0 Å². The van der Waals surface area contributed by atoms with Gasteiger partial charge in [0.2, 0.25) is 0 Å². The molecular formula is C12H14N2O4. The highest BCUT2D eigenvalue weighted by Crippen LogP contribution is 2.13. The minimum atomic E-state index is -1.15. The smallest absolute Gasteiger partial charge is 0.354 e. The van der Waals surface area contributed by atoms with E-state index in [0.717, 1.165) is 6.42 Å². The van der Waals surface area contributed by atoms with Crippen molar-refractivity contribution in [3.8, 4) is 0 Å². The van der Waals surface area contributed by atoms with E-state index in [-0.39, 0.29) is 23.7 Å². The number of hydrogen-bond acceptors (Lipinski definition) is 4. The van der Waals surface area contributed by atoms with Crippen LogP contribution >= 0.6 is 0 Å². The lowest BCUT2D eigenvalue weighted by atomic mass is 10.1. The Morgan fingerprint density at radius 3 is 2.94 bits per heavy atom. The molecule has 2 unspecified atom stereocenters. The summed E-state index contributed by atoms with van der Waals surface area (Å²) >= 11 is 0. The average Bonchev–Trinajstić information content (AvgIpc) is 2.75. The van der Waals surface area contributed by atoms with Crippen molar-refractivity contribution in [3.63, 3.8) is 0 Å².